The molecule has 4 rings (SSSR count). The molecule has 192 valence electrons. The SMILES string of the molecule is CC(C)(C)OC(=O)N1C2CCC(C2)C1C(=O)NC(C#N)Cc1ccc(-c2ccc(S(C)(=O)=O)cc2)s1. The summed E-state index contributed by atoms with van der Waals surface area (Å²) >= 11 is 1.49. The zero-order valence-electron chi connectivity index (χ0n) is 20.9. The Morgan fingerprint density at radius 2 is 1.89 bits per heavy atom. The minimum Gasteiger partial charge on any atom is -0.444 e. The molecular formula is C26H31N3O5S2. The maximum Gasteiger partial charge on any atom is 0.411 e. The smallest absolute Gasteiger partial charge is 0.411 e. The molecule has 2 heterocycles. The summed E-state index contributed by atoms with van der Waals surface area (Å²) in [7, 11) is -3.26. The van der Waals surface area contributed by atoms with Crippen LogP contribution in [0.4, 0.5) is 4.79 Å². The van der Waals surface area contributed by atoms with Crippen LogP contribution in [0.25, 0.3) is 10.4 Å². The summed E-state index contributed by atoms with van der Waals surface area (Å²) in [6, 6.07) is 11.3. The number of nitrogens with zero attached hydrogens (tertiary/aromatic N) is 2. The lowest BCUT2D eigenvalue weighted by molar-refractivity contribution is -0.128. The first-order valence-electron chi connectivity index (χ1n) is 12.0. The Hall–Kier alpha value is -2.90. The number of rotatable bonds is 6. The van der Waals surface area contributed by atoms with E-state index in [1.165, 1.54) is 17.6 Å². The van der Waals surface area contributed by atoms with Crippen molar-refractivity contribution in [1.82, 2.24) is 10.2 Å². The molecule has 1 aromatic carbocycles. The lowest BCUT2D eigenvalue weighted by Crippen LogP contribution is -2.55. The van der Waals surface area contributed by atoms with Crippen LogP contribution in [0.15, 0.2) is 41.3 Å². The summed E-state index contributed by atoms with van der Waals surface area (Å²) in [5.74, 6) is -0.238. The quantitative estimate of drug-likeness (QED) is 0.601. The summed E-state index contributed by atoms with van der Waals surface area (Å²) in [5, 5.41) is 12.6. The number of fused-ring (bicyclic) bond motifs is 2. The van der Waals surface area contributed by atoms with Crippen molar-refractivity contribution in [3.63, 3.8) is 0 Å². The Morgan fingerprint density at radius 1 is 1.19 bits per heavy atom. The van der Waals surface area contributed by atoms with Gasteiger partial charge in [0, 0.05) is 28.5 Å². The van der Waals surface area contributed by atoms with Crippen LogP contribution in [-0.4, -0.2) is 55.3 Å². The van der Waals surface area contributed by atoms with E-state index in [4.69, 9.17) is 4.74 Å². The fraction of sp³-hybridized carbons (Fsp3) is 0.500. The van der Waals surface area contributed by atoms with Gasteiger partial charge in [-0.25, -0.2) is 13.2 Å². The molecule has 1 aliphatic heterocycles. The third kappa shape index (κ3) is 5.73. The average molecular weight is 530 g/mol. The molecule has 36 heavy (non-hydrogen) atoms. The van der Waals surface area contributed by atoms with Crippen molar-refractivity contribution in [3.8, 4) is 16.5 Å². The van der Waals surface area contributed by atoms with Crippen LogP contribution in [0.1, 0.15) is 44.9 Å². The number of sulfone groups is 1. The van der Waals surface area contributed by atoms with E-state index in [-0.39, 0.29) is 22.8 Å². The average Bonchev–Trinajstić information content (AvgIpc) is 3.53. The number of carbonyl (C=O) groups is 2. The molecular weight excluding hydrogens is 498 g/mol. The molecule has 4 atom stereocenters. The second-order valence-corrected chi connectivity index (χ2v) is 13.7. The van der Waals surface area contributed by atoms with Crippen LogP contribution < -0.4 is 5.32 Å². The first-order valence-corrected chi connectivity index (χ1v) is 14.7. The molecule has 2 fully saturated rings. The van der Waals surface area contributed by atoms with Gasteiger partial charge in [0.15, 0.2) is 9.84 Å². The van der Waals surface area contributed by atoms with Gasteiger partial charge < -0.3 is 10.1 Å². The van der Waals surface area contributed by atoms with Crippen LogP contribution in [-0.2, 0) is 25.8 Å². The molecule has 1 N–H and O–H groups in total. The topological polar surface area (TPSA) is 117 Å². The van der Waals surface area contributed by atoms with Crippen molar-refractivity contribution in [2.24, 2.45) is 5.92 Å². The number of benzene rings is 1. The van der Waals surface area contributed by atoms with Gasteiger partial charge in [0.05, 0.1) is 11.0 Å². The molecule has 2 aromatic rings. The molecule has 2 amide bonds. The monoisotopic (exact) mass is 529 g/mol. The first kappa shape index (κ1) is 26.2. The predicted octanol–water partition coefficient (Wildman–Crippen LogP) is 4.16. The Bertz CT molecular complexity index is 1290. The van der Waals surface area contributed by atoms with E-state index in [2.05, 4.69) is 11.4 Å². The predicted molar refractivity (Wildman–Crippen MR) is 137 cm³/mol. The molecule has 0 spiro atoms. The maximum absolute atomic E-state index is 13.3. The molecule has 1 aliphatic carbocycles. The van der Waals surface area contributed by atoms with E-state index >= 15 is 0 Å². The standard InChI is InChI=1S/C26H31N3O5S2/c1-26(2,3)34-25(31)29-19-8-5-17(13-19)23(29)24(30)28-18(15-27)14-20-9-12-22(35-20)16-6-10-21(11-7-16)36(4,32)33/h6-7,9-12,17-19,23H,5,8,13-14H2,1-4H3,(H,28,30). The molecule has 10 heteroatoms. The fourth-order valence-corrected chi connectivity index (χ4v) is 6.69. The second-order valence-electron chi connectivity index (χ2n) is 10.5. The number of ether oxygens (including phenoxy) is 1. The highest BCUT2D eigenvalue weighted by Crippen LogP contribution is 2.43. The lowest BCUT2D eigenvalue weighted by Gasteiger charge is -2.35. The number of nitriles is 1. The summed E-state index contributed by atoms with van der Waals surface area (Å²) < 4.78 is 28.9. The summed E-state index contributed by atoms with van der Waals surface area (Å²) in [6.07, 6.45) is 3.55. The highest BCUT2D eigenvalue weighted by Gasteiger charge is 2.52. The van der Waals surface area contributed by atoms with Crippen molar-refractivity contribution in [3.05, 3.63) is 41.3 Å². The molecule has 1 saturated heterocycles. The van der Waals surface area contributed by atoms with E-state index in [0.717, 1.165) is 34.6 Å². The Morgan fingerprint density at radius 3 is 2.50 bits per heavy atom. The van der Waals surface area contributed by atoms with Gasteiger partial charge in [0.2, 0.25) is 5.91 Å². The normalized spacial score (nSPS) is 22.2. The van der Waals surface area contributed by atoms with E-state index in [1.807, 2.05) is 12.1 Å². The molecule has 4 unspecified atom stereocenters. The highest BCUT2D eigenvalue weighted by atomic mass is 32.2. The van der Waals surface area contributed by atoms with Crippen molar-refractivity contribution in [2.75, 3.05) is 6.26 Å². The van der Waals surface area contributed by atoms with Gasteiger partial charge in [-0.2, -0.15) is 5.26 Å². The van der Waals surface area contributed by atoms with Crippen LogP contribution in [0.5, 0.6) is 0 Å². The molecule has 8 nitrogen and oxygen atoms in total. The van der Waals surface area contributed by atoms with Crippen LogP contribution in [0.3, 0.4) is 0 Å². The number of nitrogens with one attached hydrogen (secondary N) is 1. The maximum atomic E-state index is 13.3. The van der Waals surface area contributed by atoms with Crippen molar-refractivity contribution >= 4 is 33.2 Å². The molecule has 1 aromatic heterocycles. The van der Waals surface area contributed by atoms with Gasteiger partial charge >= 0.3 is 6.09 Å². The zero-order valence-corrected chi connectivity index (χ0v) is 22.5. The number of thiophene rings is 1. The molecule has 0 radical (unpaired) electrons. The third-order valence-corrected chi connectivity index (χ3v) is 8.85. The van der Waals surface area contributed by atoms with E-state index in [1.54, 1.807) is 49.9 Å². The molecule has 2 aliphatic rings. The first-order chi connectivity index (χ1) is 16.9. The van der Waals surface area contributed by atoms with Gasteiger partial charge in [-0.1, -0.05) is 12.1 Å². The lowest BCUT2D eigenvalue weighted by atomic mass is 9.97. The van der Waals surface area contributed by atoms with Gasteiger partial charge in [-0.05, 0) is 75.8 Å². The number of likely N-dealkylation sites (tertiary alicyclic amines) is 1. The summed E-state index contributed by atoms with van der Waals surface area (Å²) in [5.41, 5.74) is 0.225. The van der Waals surface area contributed by atoms with E-state index < -0.39 is 33.6 Å². The zero-order chi connectivity index (χ0) is 26.3. The van der Waals surface area contributed by atoms with Gasteiger partial charge in [-0.3, -0.25) is 9.69 Å². The summed E-state index contributed by atoms with van der Waals surface area (Å²) in [4.78, 5) is 29.8. The van der Waals surface area contributed by atoms with Crippen molar-refractivity contribution < 1.29 is 22.7 Å². The van der Waals surface area contributed by atoms with Gasteiger partial charge in [0.25, 0.3) is 0 Å². The minimum absolute atomic E-state index is 0.00456. The van der Waals surface area contributed by atoms with E-state index in [9.17, 15) is 23.3 Å². The van der Waals surface area contributed by atoms with Crippen molar-refractivity contribution in [2.45, 2.75) is 75.1 Å². The summed E-state index contributed by atoms with van der Waals surface area (Å²) in [6.45, 7) is 5.40. The number of hydrogen-bond donors (Lipinski definition) is 1. The number of carbonyl (C=O) groups excluding carboxylic acids is 2. The molecule has 1 saturated carbocycles. The number of hydrogen-bond acceptors (Lipinski definition) is 7. The van der Waals surface area contributed by atoms with Crippen LogP contribution >= 0.6 is 11.3 Å². The van der Waals surface area contributed by atoms with E-state index in [0.29, 0.717) is 6.42 Å². The second kappa shape index (κ2) is 9.87. The van der Waals surface area contributed by atoms with Gasteiger partial charge in [-0.15, -0.1) is 11.3 Å². The van der Waals surface area contributed by atoms with Crippen molar-refractivity contribution in [1.29, 1.82) is 5.26 Å². The largest absolute Gasteiger partial charge is 0.444 e. The fourth-order valence-electron chi connectivity index (χ4n) is 5.00. The van der Waals surface area contributed by atoms with Crippen LogP contribution in [0, 0.1) is 17.2 Å². The third-order valence-electron chi connectivity index (χ3n) is 6.56. The van der Waals surface area contributed by atoms with Crippen LogP contribution in [0.2, 0.25) is 0 Å². The number of piperidine rings is 1. The Labute approximate surface area is 216 Å². The highest BCUT2D eigenvalue weighted by molar-refractivity contribution is 7.90. The number of amides is 2. The molecule has 2 bridgehead atoms. The Balaban J connectivity index is 1.43. The Kier molecular flexibility index (Phi) is 7.17. The van der Waals surface area contributed by atoms with Gasteiger partial charge in [0.1, 0.15) is 17.7 Å². The minimum atomic E-state index is -3.26.